The number of aliphatic hydroxyl groups excluding tert-OH is 2. The van der Waals surface area contributed by atoms with Crippen molar-refractivity contribution in [3.8, 4) is 0 Å². The van der Waals surface area contributed by atoms with Crippen LogP contribution in [0.3, 0.4) is 0 Å². The molecule has 0 spiro atoms. The van der Waals surface area contributed by atoms with Crippen LogP contribution in [0, 0.1) is 22.7 Å². The molecule has 2 saturated carbocycles. The number of ether oxygens (including phenoxy) is 5. The maximum atomic E-state index is 15.1. The molecule has 2 aromatic rings. The lowest BCUT2D eigenvalue weighted by Crippen LogP contribution is -2.81. The standard InChI is InChI=1S/C47H59NO14/c1-10-33(52)59-37(35(27-17-13-11-14-18-27)48-42(56)62-43(4,5)6)30(50)21-29-23-47(57)40(60-41(55)28-19-15-12-16-20-28)38-45(9,39(54)36(53)34(25(29)2)44(47,7)8)31(51)22-32-46(38,24-58-32)61-26(3)49/h11-20,29,31-32,35-38,40,51,53,57H,10,21-24H2,1-9H3,(H,48,56)/t29?,31-,32+,35?,36+,37?,38?,40?,45+,46-,47+/m0/s1. The van der Waals surface area contributed by atoms with Crippen molar-refractivity contribution in [2.45, 2.75) is 141 Å². The number of carbonyl (C=O) groups excluding carboxylic acids is 6. The maximum absolute atomic E-state index is 15.1. The van der Waals surface area contributed by atoms with E-state index in [2.05, 4.69) is 5.32 Å². The summed E-state index contributed by atoms with van der Waals surface area (Å²) in [6.45, 7) is 13.7. The van der Waals surface area contributed by atoms with Gasteiger partial charge in [0.25, 0.3) is 0 Å². The first kappa shape index (κ1) is 46.5. The van der Waals surface area contributed by atoms with Gasteiger partial charge < -0.3 is 44.3 Å². The average molecular weight is 862 g/mol. The Hall–Kier alpha value is -4.96. The minimum absolute atomic E-state index is 0.0452. The minimum Gasteiger partial charge on any atom is -0.455 e. The van der Waals surface area contributed by atoms with Gasteiger partial charge in [0.05, 0.1) is 29.6 Å². The molecule has 1 amide bonds. The second kappa shape index (κ2) is 17.0. The van der Waals surface area contributed by atoms with Crippen LogP contribution in [-0.4, -0.2) is 105 Å². The number of fused-ring (bicyclic) bond motifs is 5. The number of allylic oxidation sites excluding steroid dienone is 1. The van der Waals surface area contributed by atoms with Crippen molar-refractivity contribution in [3.05, 3.63) is 82.9 Å². The Bertz CT molecular complexity index is 2110. The molecular formula is C47H59NO14. The molecule has 1 heterocycles. The van der Waals surface area contributed by atoms with E-state index in [9.17, 15) is 39.3 Å². The van der Waals surface area contributed by atoms with Crippen LogP contribution in [-0.2, 0) is 42.9 Å². The average Bonchev–Trinajstić information content (AvgIpc) is 3.20. The van der Waals surface area contributed by atoms with Gasteiger partial charge in [0.1, 0.15) is 35.6 Å². The zero-order chi connectivity index (χ0) is 45.7. The number of aliphatic hydroxyl groups is 3. The molecule has 1 aliphatic heterocycles. The largest absolute Gasteiger partial charge is 0.455 e. The van der Waals surface area contributed by atoms with Crippen LogP contribution in [0.1, 0.15) is 110 Å². The SMILES string of the molecule is CCC(=O)OC(C(=O)CC1C[C@@]2(O)C(OC(=O)c3ccccc3)C3[C@](C)(C(=O)[C@H](O)C(=C1C)C2(C)C)[C@@H](O)C[C@H]1OC[C@@]31OC(C)=O)C(NC(=O)OC(C)(C)C)c1ccccc1. The molecule has 4 N–H and O–H groups in total. The van der Waals surface area contributed by atoms with Gasteiger partial charge in [0.15, 0.2) is 23.3 Å². The van der Waals surface area contributed by atoms with E-state index in [1.807, 2.05) is 0 Å². The number of hydrogen-bond acceptors (Lipinski definition) is 14. The van der Waals surface area contributed by atoms with Gasteiger partial charge in [-0.2, -0.15) is 0 Å². The predicted molar refractivity (Wildman–Crippen MR) is 221 cm³/mol. The van der Waals surface area contributed by atoms with Crippen molar-refractivity contribution in [2.24, 2.45) is 22.7 Å². The molecule has 15 nitrogen and oxygen atoms in total. The third-order valence-corrected chi connectivity index (χ3v) is 13.6. The molecule has 2 aromatic carbocycles. The highest BCUT2D eigenvalue weighted by Crippen LogP contribution is 2.64. The first-order valence-corrected chi connectivity index (χ1v) is 21.1. The van der Waals surface area contributed by atoms with Crippen LogP contribution < -0.4 is 5.32 Å². The lowest BCUT2D eigenvalue weighted by Gasteiger charge is -2.67. The number of alkyl carbamates (subject to hydrolysis) is 1. The second-order valence-electron chi connectivity index (χ2n) is 18.8. The molecule has 11 atom stereocenters. The summed E-state index contributed by atoms with van der Waals surface area (Å²) in [5.74, 6) is -6.43. The van der Waals surface area contributed by atoms with Crippen LogP contribution in [0.15, 0.2) is 71.8 Å². The smallest absolute Gasteiger partial charge is 0.408 e. The fourth-order valence-electron chi connectivity index (χ4n) is 10.3. The van der Waals surface area contributed by atoms with Gasteiger partial charge in [-0.05, 0) is 70.2 Å². The van der Waals surface area contributed by atoms with E-state index in [1.165, 1.54) is 26.0 Å². The molecule has 336 valence electrons. The van der Waals surface area contributed by atoms with E-state index < -0.39 is 118 Å². The molecule has 1 saturated heterocycles. The molecule has 3 aliphatic carbocycles. The summed E-state index contributed by atoms with van der Waals surface area (Å²) in [6.07, 6.45) is -9.79. The Kier molecular flexibility index (Phi) is 12.7. The van der Waals surface area contributed by atoms with Crippen molar-refractivity contribution in [1.29, 1.82) is 0 Å². The fraction of sp³-hybridized carbons (Fsp3) is 0.574. The van der Waals surface area contributed by atoms with Gasteiger partial charge in [-0.15, -0.1) is 0 Å². The maximum Gasteiger partial charge on any atom is 0.408 e. The predicted octanol–water partition coefficient (Wildman–Crippen LogP) is 4.88. The van der Waals surface area contributed by atoms with Crippen LogP contribution in [0.4, 0.5) is 4.79 Å². The highest BCUT2D eigenvalue weighted by molar-refractivity contribution is 5.94. The van der Waals surface area contributed by atoms with Gasteiger partial charge in [-0.25, -0.2) is 9.59 Å². The Balaban J connectivity index is 1.53. The van der Waals surface area contributed by atoms with Gasteiger partial charge in [-0.1, -0.05) is 74.9 Å². The number of Topliss-reactive ketones (excluding diaryl/α,β-unsaturated/α-hetero) is 2. The first-order valence-electron chi connectivity index (χ1n) is 21.1. The van der Waals surface area contributed by atoms with Crippen molar-refractivity contribution in [1.82, 2.24) is 5.32 Å². The number of carbonyl (C=O) groups is 6. The quantitative estimate of drug-likeness (QED) is 0.134. The highest BCUT2D eigenvalue weighted by atomic mass is 16.6. The molecule has 6 rings (SSSR count). The number of rotatable bonds is 11. The van der Waals surface area contributed by atoms with Crippen LogP contribution >= 0.6 is 0 Å². The lowest BCUT2D eigenvalue weighted by atomic mass is 9.44. The molecule has 5 unspecified atom stereocenters. The normalized spacial score (nSPS) is 32.2. The third kappa shape index (κ3) is 8.08. The molecule has 2 bridgehead atoms. The lowest BCUT2D eigenvalue weighted by molar-refractivity contribution is -0.345. The van der Waals surface area contributed by atoms with E-state index in [0.29, 0.717) is 11.1 Å². The van der Waals surface area contributed by atoms with Crippen molar-refractivity contribution >= 4 is 35.6 Å². The number of ketones is 2. The highest BCUT2D eigenvalue weighted by Gasteiger charge is 2.77. The third-order valence-electron chi connectivity index (χ3n) is 13.6. The van der Waals surface area contributed by atoms with Crippen LogP contribution in [0.25, 0.3) is 0 Å². The monoisotopic (exact) mass is 861 g/mol. The van der Waals surface area contributed by atoms with Gasteiger partial charge >= 0.3 is 24.0 Å². The van der Waals surface area contributed by atoms with Gasteiger partial charge in [0, 0.05) is 31.6 Å². The second-order valence-corrected chi connectivity index (χ2v) is 18.8. The fourth-order valence-corrected chi connectivity index (χ4v) is 10.3. The number of esters is 3. The van der Waals surface area contributed by atoms with E-state index in [-0.39, 0.29) is 37.0 Å². The minimum atomic E-state index is -2.27. The Morgan fingerprint density at radius 1 is 0.968 bits per heavy atom. The van der Waals surface area contributed by atoms with Crippen molar-refractivity contribution in [3.63, 3.8) is 0 Å². The van der Waals surface area contributed by atoms with Gasteiger partial charge in [-0.3, -0.25) is 19.2 Å². The summed E-state index contributed by atoms with van der Waals surface area (Å²) in [5, 5.41) is 40.7. The molecule has 15 heteroatoms. The zero-order valence-corrected chi connectivity index (χ0v) is 36.8. The summed E-state index contributed by atoms with van der Waals surface area (Å²) in [7, 11) is 0. The number of benzene rings is 2. The van der Waals surface area contributed by atoms with E-state index in [4.69, 9.17) is 23.7 Å². The Morgan fingerprint density at radius 2 is 1.58 bits per heavy atom. The summed E-state index contributed by atoms with van der Waals surface area (Å²) < 4.78 is 29.7. The molecule has 4 aliphatic rings. The first-order chi connectivity index (χ1) is 28.9. The molecular weight excluding hydrogens is 803 g/mol. The zero-order valence-electron chi connectivity index (χ0n) is 36.8. The Morgan fingerprint density at radius 3 is 2.13 bits per heavy atom. The van der Waals surface area contributed by atoms with Gasteiger partial charge in [0.2, 0.25) is 0 Å². The van der Waals surface area contributed by atoms with E-state index >= 15 is 4.79 Å². The summed E-state index contributed by atoms with van der Waals surface area (Å²) in [5.41, 5.74) is -7.55. The van der Waals surface area contributed by atoms with Crippen LogP contribution in [0.5, 0.6) is 0 Å². The van der Waals surface area contributed by atoms with Crippen molar-refractivity contribution in [2.75, 3.05) is 6.61 Å². The number of hydrogen-bond donors (Lipinski definition) is 4. The number of nitrogens with one attached hydrogen (secondary N) is 1. The topological polar surface area (TPSA) is 221 Å². The van der Waals surface area contributed by atoms with E-state index in [0.717, 1.165) is 0 Å². The van der Waals surface area contributed by atoms with Crippen molar-refractivity contribution < 1.29 is 67.8 Å². The molecule has 3 fully saturated rings. The molecule has 62 heavy (non-hydrogen) atoms. The Labute approximate surface area is 361 Å². The van der Waals surface area contributed by atoms with Crippen LogP contribution in [0.2, 0.25) is 0 Å². The summed E-state index contributed by atoms with van der Waals surface area (Å²) in [4.78, 5) is 83.6. The number of amides is 1. The molecule has 0 aromatic heterocycles. The van der Waals surface area contributed by atoms with E-state index in [1.54, 1.807) is 97.0 Å². The summed E-state index contributed by atoms with van der Waals surface area (Å²) >= 11 is 0. The summed E-state index contributed by atoms with van der Waals surface area (Å²) in [6, 6.07) is 15.1. The molecule has 0 radical (unpaired) electrons.